The molecule has 0 saturated heterocycles. The highest BCUT2D eigenvalue weighted by Crippen LogP contribution is 2.36. The van der Waals surface area contributed by atoms with E-state index in [0.717, 1.165) is 11.8 Å². The summed E-state index contributed by atoms with van der Waals surface area (Å²) in [7, 11) is -3.53. The average molecular weight is 553 g/mol. The molecule has 0 spiro atoms. The number of nitrogens with two attached hydrogens (primary N) is 1. The fraction of sp³-hybridized carbons (Fsp3) is 0.111. The number of sulfonamides is 1. The molecular formula is C27H22ClFN4O4S. The van der Waals surface area contributed by atoms with E-state index in [2.05, 4.69) is 9.82 Å². The lowest BCUT2D eigenvalue weighted by atomic mass is 10.0. The van der Waals surface area contributed by atoms with Gasteiger partial charge in [-0.2, -0.15) is 5.10 Å². The summed E-state index contributed by atoms with van der Waals surface area (Å²) in [5.74, 6) is -0.118. The lowest BCUT2D eigenvalue weighted by molar-refractivity contribution is 0.103. The van der Waals surface area contributed by atoms with E-state index in [1.807, 2.05) is 18.2 Å². The van der Waals surface area contributed by atoms with E-state index in [1.165, 1.54) is 16.9 Å². The molecule has 1 aliphatic rings. The maximum atomic E-state index is 15.2. The molecule has 1 aliphatic carbocycles. The molecule has 0 amide bonds. The second-order valence-corrected chi connectivity index (χ2v) is 11.1. The van der Waals surface area contributed by atoms with Gasteiger partial charge in [-0.25, -0.2) is 17.5 Å². The van der Waals surface area contributed by atoms with E-state index in [0.29, 0.717) is 28.2 Å². The SMILES string of the molecule is Cc1cc(Oc2ccccc2)cc(F)c1-n1ncc(C(=O)C2=Cc3cc(NS(C)(=O)=O)c(Cl)cc3C2)c1N. The van der Waals surface area contributed by atoms with Gasteiger partial charge in [0.1, 0.15) is 23.0 Å². The van der Waals surface area contributed by atoms with Crippen LogP contribution in [0.3, 0.4) is 0 Å². The first-order valence-electron chi connectivity index (χ1n) is 11.4. The van der Waals surface area contributed by atoms with Gasteiger partial charge < -0.3 is 10.5 Å². The number of aromatic nitrogens is 2. The smallest absolute Gasteiger partial charge is 0.229 e. The van der Waals surface area contributed by atoms with Crippen molar-refractivity contribution < 1.29 is 22.3 Å². The van der Waals surface area contributed by atoms with E-state index < -0.39 is 15.8 Å². The van der Waals surface area contributed by atoms with Gasteiger partial charge in [-0.15, -0.1) is 0 Å². The highest BCUT2D eigenvalue weighted by Gasteiger charge is 2.26. The average Bonchev–Trinajstić information content (AvgIpc) is 3.41. The van der Waals surface area contributed by atoms with Crippen LogP contribution in [0.25, 0.3) is 11.8 Å². The number of hydrogen-bond donors (Lipinski definition) is 2. The van der Waals surface area contributed by atoms with Crippen molar-refractivity contribution in [3.8, 4) is 17.2 Å². The number of aryl methyl sites for hydroxylation is 1. The normalized spacial score (nSPS) is 12.7. The summed E-state index contributed by atoms with van der Waals surface area (Å²) in [6.07, 6.45) is 4.25. The first-order valence-corrected chi connectivity index (χ1v) is 13.7. The van der Waals surface area contributed by atoms with Crippen molar-refractivity contribution in [1.29, 1.82) is 0 Å². The predicted octanol–water partition coefficient (Wildman–Crippen LogP) is 5.54. The lowest BCUT2D eigenvalue weighted by Gasteiger charge is -2.13. The molecule has 0 radical (unpaired) electrons. The number of nitrogens with zero attached hydrogens (tertiary/aromatic N) is 2. The second-order valence-electron chi connectivity index (χ2n) is 8.92. The number of nitrogen functional groups attached to an aromatic ring is 1. The molecular weight excluding hydrogens is 531 g/mol. The van der Waals surface area contributed by atoms with Gasteiger partial charge in [-0.05, 0) is 60.0 Å². The predicted molar refractivity (Wildman–Crippen MR) is 145 cm³/mol. The van der Waals surface area contributed by atoms with Gasteiger partial charge in [0.05, 0.1) is 28.7 Å². The Hall–Kier alpha value is -4.15. The number of halogens is 2. The van der Waals surface area contributed by atoms with Crippen LogP contribution in [0.15, 0.2) is 66.4 Å². The molecule has 0 unspecified atom stereocenters. The minimum Gasteiger partial charge on any atom is -0.457 e. The second kappa shape index (κ2) is 9.62. The number of carbonyl (C=O) groups excluding carboxylic acids is 1. The van der Waals surface area contributed by atoms with E-state index in [-0.39, 0.29) is 40.0 Å². The molecule has 3 aromatic carbocycles. The Morgan fingerprint density at radius 1 is 1.16 bits per heavy atom. The number of rotatable bonds is 7. The highest BCUT2D eigenvalue weighted by atomic mass is 35.5. The molecule has 1 heterocycles. The molecule has 0 bridgehead atoms. The van der Waals surface area contributed by atoms with E-state index >= 15 is 4.39 Å². The Morgan fingerprint density at radius 3 is 2.58 bits per heavy atom. The van der Waals surface area contributed by atoms with Gasteiger partial charge in [0, 0.05) is 18.1 Å². The molecule has 4 aromatic rings. The van der Waals surface area contributed by atoms with Crippen molar-refractivity contribution in [1.82, 2.24) is 9.78 Å². The molecule has 1 aromatic heterocycles. The summed E-state index contributed by atoms with van der Waals surface area (Å²) in [5.41, 5.74) is 9.08. The molecule has 8 nitrogen and oxygen atoms in total. The number of Topliss-reactive ketones (excluding diaryl/α,β-unsaturated/α-hetero) is 1. The number of para-hydroxylation sites is 1. The monoisotopic (exact) mass is 552 g/mol. The molecule has 0 saturated carbocycles. The van der Waals surface area contributed by atoms with Crippen LogP contribution >= 0.6 is 11.6 Å². The topological polar surface area (TPSA) is 116 Å². The van der Waals surface area contributed by atoms with Crippen molar-refractivity contribution >= 4 is 45.0 Å². The zero-order valence-corrected chi connectivity index (χ0v) is 21.9. The summed E-state index contributed by atoms with van der Waals surface area (Å²) < 4.78 is 47.7. The van der Waals surface area contributed by atoms with Gasteiger partial charge in [-0.1, -0.05) is 29.8 Å². The summed E-state index contributed by atoms with van der Waals surface area (Å²) in [5, 5.41) is 4.41. The van der Waals surface area contributed by atoms with Crippen LogP contribution in [0.2, 0.25) is 5.02 Å². The number of carbonyl (C=O) groups is 1. The Kier molecular flexibility index (Phi) is 6.46. The number of ketones is 1. The number of benzene rings is 3. The third kappa shape index (κ3) is 5.00. The Balaban J connectivity index is 1.42. The standard InChI is InChI=1S/C27H22ClFN4O4S/c1-15-8-20(37-19-6-4-3-5-7-19)13-23(29)25(15)33-27(30)21(14-31-33)26(34)18-9-16-11-22(28)24(12-17(16)10-18)32-38(2,35)36/h3-8,10-14,32H,9,30H2,1-2H3. The van der Waals surface area contributed by atoms with E-state index in [1.54, 1.807) is 43.3 Å². The van der Waals surface area contributed by atoms with Crippen molar-refractivity contribution in [3.63, 3.8) is 0 Å². The zero-order valence-electron chi connectivity index (χ0n) is 20.3. The number of ether oxygens (including phenoxy) is 1. The summed E-state index contributed by atoms with van der Waals surface area (Å²) in [6, 6.07) is 15.1. The Bertz CT molecular complexity index is 1710. The molecule has 3 N–H and O–H groups in total. The maximum Gasteiger partial charge on any atom is 0.229 e. The minimum absolute atomic E-state index is 0.0111. The van der Waals surface area contributed by atoms with Crippen molar-refractivity contribution in [3.05, 3.63) is 99.5 Å². The van der Waals surface area contributed by atoms with Crippen molar-refractivity contribution in [2.24, 2.45) is 0 Å². The number of nitrogens with one attached hydrogen (secondary N) is 1. The quantitative estimate of drug-likeness (QED) is 0.291. The molecule has 0 atom stereocenters. The number of allylic oxidation sites excluding steroid dienone is 1. The molecule has 38 heavy (non-hydrogen) atoms. The summed E-state index contributed by atoms with van der Waals surface area (Å²) in [6.45, 7) is 1.70. The van der Waals surface area contributed by atoms with Gasteiger partial charge in [0.2, 0.25) is 10.0 Å². The van der Waals surface area contributed by atoms with Crippen LogP contribution in [-0.2, 0) is 16.4 Å². The molecule has 0 aliphatic heterocycles. The lowest BCUT2D eigenvalue weighted by Crippen LogP contribution is -2.10. The fourth-order valence-electron chi connectivity index (χ4n) is 4.33. The zero-order chi connectivity index (χ0) is 27.2. The third-order valence-electron chi connectivity index (χ3n) is 6.00. The van der Waals surface area contributed by atoms with E-state index in [9.17, 15) is 13.2 Å². The summed E-state index contributed by atoms with van der Waals surface area (Å²) in [4.78, 5) is 13.3. The molecule has 5 rings (SSSR count). The fourth-order valence-corrected chi connectivity index (χ4v) is 5.19. The highest BCUT2D eigenvalue weighted by molar-refractivity contribution is 7.92. The van der Waals surface area contributed by atoms with E-state index in [4.69, 9.17) is 22.1 Å². The van der Waals surface area contributed by atoms with Crippen LogP contribution in [0.1, 0.15) is 27.0 Å². The van der Waals surface area contributed by atoms with Crippen molar-refractivity contribution in [2.75, 3.05) is 16.7 Å². The third-order valence-corrected chi connectivity index (χ3v) is 6.90. The Labute approximate surface area is 223 Å². The molecule has 11 heteroatoms. The van der Waals surface area contributed by atoms with Crippen molar-refractivity contribution in [2.45, 2.75) is 13.3 Å². The minimum atomic E-state index is -3.53. The van der Waals surface area contributed by atoms with Crippen LogP contribution in [0.5, 0.6) is 11.5 Å². The Morgan fingerprint density at radius 2 is 1.89 bits per heavy atom. The van der Waals surface area contributed by atoms with Crippen LogP contribution < -0.4 is 15.2 Å². The summed E-state index contributed by atoms with van der Waals surface area (Å²) >= 11 is 6.23. The van der Waals surface area contributed by atoms with Crippen LogP contribution in [-0.4, -0.2) is 30.2 Å². The molecule has 194 valence electrons. The van der Waals surface area contributed by atoms with Gasteiger partial charge in [0.15, 0.2) is 11.6 Å². The maximum absolute atomic E-state index is 15.2. The number of fused-ring (bicyclic) bond motifs is 1. The molecule has 0 fully saturated rings. The first kappa shape index (κ1) is 25.5. The van der Waals surface area contributed by atoms with Gasteiger partial charge in [-0.3, -0.25) is 9.52 Å². The number of hydrogen-bond acceptors (Lipinski definition) is 6. The van der Waals surface area contributed by atoms with Crippen LogP contribution in [0.4, 0.5) is 15.9 Å². The van der Waals surface area contributed by atoms with Crippen LogP contribution in [0, 0.1) is 12.7 Å². The largest absolute Gasteiger partial charge is 0.457 e. The number of anilines is 2. The van der Waals surface area contributed by atoms with Gasteiger partial charge in [0.25, 0.3) is 0 Å². The first-order chi connectivity index (χ1) is 18.0. The van der Waals surface area contributed by atoms with Gasteiger partial charge >= 0.3 is 0 Å².